The summed E-state index contributed by atoms with van der Waals surface area (Å²) < 4.78 is 0. The fourth-order valence-electron chi connectivity index (χ4n) is 4.19. The van der Waals surface area contributed by atoms with Crippen molar-refractivity contribution in [2.45, 2.75) is 12.8 Å². The molecule has 2 aromatic carbocycles. The van der Waals surface area contributed by atoms with E-state index in [4.69, 9.17) is 11.6 Å². The highest BCUT2D eigenvalue weighted by molar-refractivity contribution is 6.30. The van der Waals surface area contributed by atoms with Crippen molar-refractivity contribution in [2.24, 2.45) is 17.8 Å². The molecule has 2 bridgehead atoms. The molecule has 2 aromatic rings. The first kappa shape index (κ1) is 17.7. The summed E-state index contributed by atoms with van der Waals surface area (Å²) >= 11 is 5.97. The molecule has 0 unspecified atom stereocenters. The third-order valence-electron chi connectivity index (χ3n) is 5.56. The summed E-state index contributed by atoms with van der Waals surface area (Å²) in [4.78, 5) is 38.2. The lowest BCUT2D eigenvalue weighted by atomic mass is 9.81. The molecule has 1 fully saturated rings. The number of carbonyl (C=O) groups is 3. The molecule has 0 heterocycles. The Hall–Kier alpha value is -2.72. The van der Waals surface area contributed by atoms with Crippen molar-refractivity contribution in [3.8, 4) is 0 Å². The number of halogens is 1. The van der Waals surface area contributed by atoms with Crippen LogP contribution >= 0.6 is 11.6 Å². The number of fused-ring (bicyclic) bond motifs is 2. The van der Waals surface area contributed by atoms with Crippen LogP contribution < -0.4 is 5.32 Å². The number of rotatable bonds is 3. The molecule has 2 aliphatic carbocycles. The highest BCUT2D eigenvalue weighted by Crippen LogP contribution is 2.49. The quantitative estimate of drug-likeness (QED) is 0.825. The Bertz CT molecular complexity index is 949. The zero-order valence-electron chi connectivity index (χ0n) is 14.7. The Labute approximate surface area is 162 Å². The van der Waals surface area contributed by atoms with E-state index in [2.05, 4.69) is 5.32 Å². The predicted molar refractivity (Wildman–Crippen MR) is 102 cm³/mol. The fraction of sp³-hybridized carbons (Fsp3) is 0.227. The lowest BCUT2D eigenvalue weighted by Crippen LogP contribution is -2.37. The van der Waals surface area contributed by atoms with Gasteiger partial charge in [-0.2, -0.15) is 0 Å². The van der Waals surface area contributed by atoms with E-state index in [1.54, 1.807) is 42.5 Å². The molecule has 27 heavy (non-hydrogen) atoms. The van der Waals surface area contributed by atoms with Crippen LogP contribution in [0, 0.1) is 17.8 Å². The van der Waals surface area contributed by atoms with Crippen LogP contribution in [0.25, 0.3) is 0 Å². The molecule has 0 aliphatic heterocycles. The molecule has 0 saturated heterocycles. The van der Waals surface area contributed by atoms with Gasteiger partial charge in [0.1, 0.15) is 0 Å². The molecular formula is C22H18ClNO3. The molecule has 1 N–H and O–H groups in total. The summed E-state index contributed by atoms with van der Waals surface area (Å²) in [5, 5.41) is 3.32. The summed E-state index contributed by atoms with van der Waals surface area (Å²) in [6.07, 6.45) is 1.63. The van der Waals surface area contributed by atoms with Crippen molar-refractivity contribution in [1.29, 1.82) is 0 Å². The molecule has 5 heteroatoms. The van der Waals surface area contributed by atoms with Crippen LogP contribution in [0.5, 0.6) is 0 Å². The van der Waals surface area contributed by atoms with Crippen molar-refractivity contribution < 1.29 is 14.4 Å². The van der Waals surface area contributed by atoms with Gasteiger partial charge in [-0.15, -0.1) is 0 Å². The van der Waals surface area contributed by atoms with Crippen molar-refractivity contribution in [1.82, 2.24) is 5.32 Å². The normalized spacial score (nSPS) is 26.7. The second-order valence-electron chi connectivity index (χ2n) is 7.11. The van der Waals surface area contributed by atoms with E-state index in [1.165, 1.54) is 0 Å². The number of hydrogen-bond acceptors (Lipinski definition) is 3. The summed E-state index contributed by atoms with van der Waals surface area (Å²) in [7, 11) is 0. The maximum atomic E-state index is 13.0. The summed E-state index contributed by atoms with van der Waals surface area (Å²) in [5.74, 6) is -2.11. The number of carbonyl (C=O) groups excluding carboxylic acids is 3. The maximum Gasteiger partial charge on any atom is 0.255 e. The van der Waals surface area contributed by atoms with Crippen LogP contribution in [-0.4, -0.2) is 17.5 Å². The zero-order valence-corrected chi connectivity index (χ0v) is 15.4. The Kier molecular flexibility index (Phi) is 4.44. The van der Waals surface area contributed by atoms with Gasteiger partial charge in [-0.1, -0.05) is 48.9 Å². The Morgan fingerprint density at radius 2 is 1.67 bits per heavy atom. The van der Waals surface area contributed by atoms with E-state index in [9.17, 15) is 14.4 Å². The fourth-order valence-corrected chi connectivity index (χ4v) is 4.32. The summed E-state index contributed by atoms with van der Waals surface area (Å²) in [6.45, 7) is 1.98. The van der Waals surface area contributed by atoms with Crippen molar-refractivity contribution in [3.63, 3.8) is 0 Å². The van der Waals surface area contributed by atoms with Crippen molar-refractivity contribution in [3.05, 3.63) is 82.5 Å². The largest absolute Gasteiger partial charge is 0.319 e. The smallest absolute Gasteiger partial charge is 0.255 e. The average molecular weight is 380 g/mol. The molecule has 0 radical (unpaired) electrons. The molecule has 0 aromatic heterocycles. The standard InChI is InChI=1S/C22H18ClNO3/c1-12-16-11-17(24-22(27)14-5-3-2-4-6-14)21(26)19(20(16)25)18(12)13-7-9-15(23)10-8-13/h2-12,16,18-19H,1H3,(H,24,27)/t12-,16-,18-,19+/m0/s1. The van der Waals surface area contributed by atoms with E-state index in [0.717, 1.165) is 5.56 Å². The number of ketones is 2. The van der Waals surface area contributed by atoms with E-state index in [1.807, 2.05) is 25.1 Å². The molecule has 2 aliphatic rings. The first-order chi connectivity index (χ1) is 13.0. The molecule has 136 valence electrons. The van der Waals surface area contributed by atoms with Gasteiger partial charge in [0, 0.05) is 22.4 Å². The summed E-state index contributed by atoms with van der Waals surface area (Å²) in [5.41, 5.74) is 1.62. The van der Waals surface area contributed by atoms with Crippen LogP contribution in [0.2, 0.25) is 5.02 Å². The Morgan fingerprint density at radius 1 is 1.00 bits per heavy atom. The monoisotopic (exact) mass is 379 g/mol. The van der Waals surface area contributed by atoms with Gasteiger partial charge in [0.2, 0.25) is 0 Å². The van der Waals surface area contributed by atoms with Crippen LogP contribution in [0.15, 0.2) is 66.4 Å². The minimum absolute atomic E-state index is 0.0289. The van der Waals surface area contributed by atoms with Crippen molar-refractivity contribution in [2.75, 3.05) is 0 Å². The maximum absolute atomic E-state index is 13.0. The number of hydrogen-bond donors (Lipinski definition) is 1. The van der Waals surface area contributed by atoms with Gasteiger partial charge in [0.25, 0.3) is 5.91 Å². The molecule has 1 amide bonds. The highest BCUT2D eigenvalue weighted by Gasteiger charge is 2.54. The van der Waals surface area contributed by atoms with Gasteiger partial charge in [0.05, 0.1) is 11.6 Å². The van der Waals surface area contributed by atoms with Crippen LogP contribution in [0.4, 0.5) is 0 Å². The van der Waals surface area contributed by atoms with Crippen LogP contribution in [-0.2, 0) is 9.59 Å². The SMILES string of the molecule is C[C@@H]1[C@@H](c2ccc(Cl)cc2)[C@H]2C(=O)C(NC(=O)c3ccccc3)=C[C@@H]1C2=O. The van der Waals surface area contributed by atoms with E-state index < -0.39 is 5.92 Å². The van der Waals surface area contributed by atoms with Gasteiger partial charge < -0.3 is 5.32 Å². The second kappa shape index (κ2) is 6.78. The molecule has 4 nitrogen and oxygen atoms in total. The molecule has 1 saturated carbocycles. The number of benzene rings is 2. The lowest BCUT2D eigenvalue weighted by molar-refractivity contribution is -0.131. The van der Waals surface area contributed by atoms with E-state index >= 15 is 0 Å². The van der Waals surface area contributed by atoms with E-state index in [-0.39, 0.29) is 40.9 Å². The number of Topliss-reactive ketones (excluding diaryl/α,β-unsaturated/α-hetero) is 2. The molecule has 0 spiro atoms. The van der Waals surface area contributed by atoms with Crippen molar-refractivity contribution >= 4 is 29.1 Å². The van der Waals surface area contributed by atoms with E-state index in [0.29, 0.717) is 10.6 Å². The highest BCUT2D eigenvalue weighted by atomic mass is 35.5. The minimum Gasteiger partial charge on any atom is -0.319 e. The van der Waals surface area contributed by atoms with Gasteiger partial charge in [-0.3, -0.25) is 14.4 Å². The first-order valence-corrected chi connectivity index (χ1v) is 9.27. The summed E-state index contributed by atoms with van der Waals surface area (Å²) in [6, 6.07) is 16.0. The zero-order chi connectivity index (χ0) is 19.1. The second-order valence-corrected chi connectivity index (χ2v) is 7.54. The van der Waals surface area contributed by atoms with Crippen LogP contribution in [0.1, 0.15) is 28.8 Å². The average Bonchev–Trinajstić information content (AvgIpc) is 2.85. The predicted octanol–water partition coefficient (Wildman–Crippen LogP) is 3.77. The molecular weight excluding hydrogens is 362 g/mol. The lowest BCUT2D eigenvalue weighted by Gasteiger charge is -2.21. The number of amides is 1. The number of nitrogens with one attached hydrogen (secondary N) is 1. The van der Waals surface area contributed by atoms with Gasteiger partial charge >= 0.3 is 0 Å². The van der Waals surface area contributed by atoms with Crippen LogP contribution in [0.3, 0.4) is 0 Å². The van der Waals surface area contributed by atoms with Gasteiger partial charge in [-0.25, -0.2) is 0 Å². The Balaban J connectivity index is 1.64. The number of allylic oxidation sites excluding steroid dienone is 2. The molecule has 4 atom stereocenters. The topological polar surface area (TPSA) is 63.2 Å². The van der Waals surface area contributed by atoms with Gasteiger partial charge in [-0.05, 0) is 41.8 Å². The third kappa shape index (κ3) is 3.00. The molecule has 4 rings (SSSR count). The Morgan fingerprint density at radius 3 is 2.33 bits per heavy atom. The third-order valence-corrected chi connectivity index (χ3v) is 5.81. The first-order valence-electron chi connectivity index (χ1n) is 8.89. The minimum atomic E-state index is -0.762. The van der Waals surface area contributed by atoms with Gasteiger partial charge in [0.15, 0.2) is 11.6 Å².